The second-order valence-corrected chi connectivity index (χ2v) is 9.44. The number of nitrogens with one attached hydrogen (secondary N) is 2. The van der Waals surface area contributed by atoms with Crippen LogP contribution in [0.1, 0.15) is 24.9 Å². The Morgan fingerprint density at radius 1 is 1.20 bits per heavy atom. The second-order valence-electron chi connectivity index (χ2n) is 7.67. The van der Waals surface area contributed by atoms with Gasteiger partial charge in [0, 0.05) is 17.1 Å². The third-order valence-electron chi connectivity index (χ3n) is 5.51. The Morgan fingerprint density at radius 2 is 1.91 bits per heavy atom. The quantitative estimate of drug-likeness (QED) is 0.229. The van der Waals surface area contributed by atoms with E-state index in [4.69, 9.17) is 16.3 Å². The van der Waals surface area contributed by atoms with Gasteiger partial charge in [0.25, 0.3) is 0 Å². The molecule has 12 heteroatoms. The van der Waals surface area contributed by atoms with Gasteiger partial charge in [-0.05, 0) is 47.8 Å². The highest BCUT2D eigenvalue weighted by molar-refractivity contribution is 7.99. The van der Waals surface area contributed by atoms with Crippen molar-refractivity contribution in [1.29, 1.82) is 0 Å². The Hall–Kier alpha value is -2.50. The highest BCUT2D eigenvalue weighted by Gasteiger charge is 2.59. The van der Waals surface area contributed by atoms with Crippen molar-refractivity contribution in [1.82, 2.24) is 4.98 Å². The van der Waals surface area contributed by atoms with Crippen molar-refractivity contribution in [3.05, 3.63) is 69.0 Å². The molecule has 0 fully saturated rings. The number of H-pyrrole nitrogens is 1. The second kappa shape index (κ2) is 10.6. The highest BCUT2D eigenvalue weighted by Crippen LogP contribution is 2.47. The van der Waals surface area contributed by atoms with E-state index in [2.05, 4.69) is 10.3 Å². The molecule has 1 heterocycles. The number of benzene rings is 2. The molecule has 0 saturated carbocycles. The lowest BCUT2D eigenvalue weighted by Gasteiger charge is -2.39. The van der Waals surface area contributed by atoms with Gasteiger partial charge in [0.2, 0.25) is 5.56 Å². The number of hydrogen-bond donors (Lipinski definition) is 3. The van der Waals surface area contributed by atoms with Gasteiger partial charge in [0.15, 0.2) is 17.2 Å². The summed E-state index contributed by atoms with van der Waals surface area (Å²) in [6.07, 6.45) is -5.95. The smallest absolute Gasteiger partial charge is 0.419 e. The third kappa shape index (κ3) is 5.52. The molecule has 0 radical (unpaired) electrons. The van der Waals surface area contributed by atoms with Crippen LogP contribution in [0.3, 0.4) is 0 Å². The zero-order chi connectivity index (χ0) is 26.0. The molecule has 5 nitrogen and oxygen atoms in total. The maximum atomic E-state index is 14.8. The molecule has 2 unspecified atom stereocenters. The molecule has 0 aliphatic heterocycles. The first-order valence-corrected chi connectivity index (χ1v) is 11.9. The van der Waals surface area contributed by atoms with E-state index in [1.54, 1.807) is 6.92 Å². The summed E-state index contributed by atoms with van der Waals surface area (Å²) in [6.45, 7) is 1.75. The number of hydrogen-bond acceptors (Lipinski definition) is 5. The molecule has 190 valence electrons. The topological polar surface area (TPSA) is 74.4 Å². The number of aliphatic hydroxyl groups is 1. The van der Waals surface area contributed by atoms with Crippen LogP contribution in [-0.2, 0) is 0 Å². The summed E-state index contributed by atoms with van der Waals surface area (Å²) in [5.74, 6) is -1.84. The van der Waals surface area contributed by atoms with Gasteiger partial charge < -0.3 is 20.1 Å². The number of methoxy groups -OCH3 is 1. The van der Waals surface area contributed by atoms with Gasteiger partial charge in [0.1, 0.15) is 5.82 Å². The molecule has 0 saturated heterocycles. The van der Waals surface area contributed by atoms with E-state index in [9.17, 15) is 31.9 Å². The number of halogens is 6. The molecule has 2 aromatic carbocycles. The summed E-state index contributed by atoms with van der Waals surface area (Å²) in [6, 6.07) is 4.48. The van der Waals surface area contributed by atoms with Crippen molar-refractivity contribution in [3.8, 4) is 5.75 Å². The van der Waals surface area contributed by atoms with Gasteiger partial charge in [-0.2, -0.15) is 24.9 Å². The van der Waals surface area contributed by atoms with Crippen molar-refractivity contribution in [2.75, 3.05) is 23.9 Å². The Morgan fingerprint density at radius 3 is 2.54 bits per heavy atom. The van der Waals surface area contributed by atoms with Gasteiger partial charge >= 0.3 is 6.18 Å². The van der Waals surface area contributed by atoms with Gasteiger partial charge in [0.05, 0.1) is 23.7 Å². The predicted molar refractivity (Wildman–Crippen MR) is 127 cm³/mol. The van der Waals surface area contributed by atoms with Crippen LogP contribution in [-0.4, -0.2) is 40.5 Å². The Kier molecular flexibility index (Phi) is 8.23. The third-order valence-corrected chi connectivity index (χ3v) is 6.80. The number of aromatic amines is 1. The lowest BCUT2D eigenvalue weighted by Crippen LogP contribution is -2.53. The molecule has 35 heavy (non-hydrogen) atoms. The summed E-state index contributed by atoms with van der Waals surface area (Å²) in [4.78, 5) is 14.1. The van der Waals surface area contributed by atoms with Crippen LogP contribution in [0.25, 0.3) is 10.9 Å². The van der Waals surface area contributed by atoms with Gasteiger partial charge in [-0.3, -0.25) is 4.79 Å². The molecule has 3 N–H and O–H groups in total. The largest absolute Gasteiger partial charge is 0.494 e. The van der Waals surface area contributed by atoms with Crippen LogP contribution in [0, 0.1) is 11.6 Å². The SMILES string of the molecule is CCSCCC(O)(C(Nc1cc(F)cc2[nH]c(=O)ccc12)c1ccc(OC)c(F)c1Cl)C(F)(F)F. The van der Waals surface area contributed by atoms with Gasteiger partial charge in [-0.1, -0.05) is 24.6 Å². The number of thioether (sulfide) groups is 1. The summed E-state index contributed by atoms with van der Waals surface area (Å²) in [7, 11) is 1.16. The van der Waals surface area contributed by atoms with E-state index in [-0.39, 0.29) is 28.1 Å². The maximum Gasteiger partial charge on any atom is 0.419 e. The molecular weight excluding hydrogens is 515 g/mol. The zero-order valence-electron chi connectivity index (χ0n) is 18.6. The van der Waals surface area contributed by atoms with Gasteiger partial charge in [-0.25, -0.2) is 8.78 Å². The van der Waals surface area contributed by atoms with Crippen LogP contribution in [0.5, 0.6) is 5.75 Å². The molecular formula is C23H22ClF5N2O3S. The minimum absolute atomic E-state index is 0.0165. The van der Waals surface area contributed by atoms with E-state index < -0.39 is 52.0 Å². The lowest BCUT2D eigenvalue weighted by molar-refractivity contribution is -0.267. The first-order chi connectivity index (χ1) is 16.4. The summed E-state index contributed by atoms with van der Waals surface area (Å²) in [5, 5.41) is 13.1. The molecule has 0 aliphatic carbocycles. The van der Waals surface area contributed by atoms with E-state index in [1.807, 2.05) is 0 Å². The fourth-order valence-electron chi connectivity index (χ4n) is 3.71. The Balaban J connectivity index is 2.26. The van der Waals surface area contributed by atoms with Gasteiger partial charge in [-0.15, -0.1) is 0 Å². The molecule has 3 rings (SSSR count). The van der Waals surface area contributed by atoms with Crippen molar-refractivity contribution in [2.45, 2.75) is 31.2 Å². The van der Waals surface area contributed by atoms with E-state index >= 15 is 0 Å². The minimum atomic E-state index is -5.18. The van der Waals surface area contributed by atoms with E-state index in [1.165, 1.54) is 17.8 Å². The Labute approximate surface area is 206 Å². The normalized spacial score (nSPS) is 14.5. The van der Waals surface area contributed by atoms with Crippen LogP contribution in [0.2, 0.25) is 5.02 Å². The molecule has 3 aromatic rings. The van der Waals surface area contributed by atoms with E-state index in [0.29, 0.717) is 5.75 Å². The average Bonchev–Trinajstić information content (AvgIpc) is 2.78. The first-order valence-electron chi connectivity index (χ1n) is 10.4. The molecule has 1 aromatic heterocycles. The molecule has 0 aliphatic rings. The molecule has 0 amide bonds. The fourth-order valence-corrected chi connectivity index (χ4v) is 4.72. The number of fused-ring (bicyclic) bond motifs is 1. The van der Waals surface area contributed by atoms with Crippen LogP contribution in [0.4, 0.5) is 27.6 Å². The summed E-state index contributed by atoms with van der Waals surface area (Å²) in [5.41, 5.74) is -4.54. The fraction of sp³-hybridized carbons (Fsp3) is 0.348. The standard InChI is InChI=1S/C23H22ClF5N2O3S/c1-3-35-9-8-22(33,23(27,28)29)21(14-4-6-17(34-2)20(26)19(14)24)31-16-11-12(25)10-15-13(16)5-7-18(32)30-15/h4-7,10-11,21,31,33H,3,8-9H2,1-2H3,(H,30,32). The van der Waals surface area contributed by atoms with Crippen molar-refractivity contribution >= 4 is 40.0 Å². The van der Waals surface area contributed by atoms with Crippen LogP contribution in [0.15, 0.2) is 41.2 Å². The number of aromatic nitrogens is 1. The van der Waals surface area contributed by atoms with Crippen molar-refractivity contribution < 1.29 is 31.8 Å². The average molecular weight is 537 g/mol. The number of alkyl halides is 3. The number of pyridine rings is 1. The maximum absolute atomic E-state index is 14.8. The Bertz CT molecular complexity index is 1270. The minimum Gasteiger partial charge on any atom is -0.494 e. The lowest BCUT2D eigenvalue weighted by atomic mass is 9.84. The highest BCUT2D eigenvalue weighted by atomic mass is 35.5. The van der Waals surface area contributed by atoms with Crippen molar-refractivity contribution in [2.24, 2.45) is 0 Å². The van der Waals surface area contributed by atoms with Crippen molar-refractivity contribution in [3.63, 3.8) is 0 Å². The predicted octanol–water partition coefficient (Wildman–Crippen LogP) is 6.06. The first kappa shape index (κ1) is 27.1. The molecule has 2 atom stereocenters. The number of rotatable bonds is 9. The number of ether oxygens (including phenoxy) is 1. The molecule has 0 bridgehead atoms. The van der Waals surface area contributed by atoms with E-state index in [0.717, 1.165) is 37.4 Å². The van der Waals surface area contributed by atoms with Crippen LogP contribution >= 0.6 is 23.4 Å². The summed E-state index contributed by atoms with van der Waals surface area (Å²) < 4.78 is 77.2. The zero-order valence-corrected chi connectivity index (χ0v) is 20.2. The van der Waals surface area contributed by atoms with Crippen LogP contribution < -0.4 is 15.6 Å². The summed E-state index contributed by atoms with van der Waals surface area (Å²) >= 11 is 7.30. The monoisotopic (exact) mass is 536 g/mol. The number of anilines is 1. The molecule has 0 spiro atoms.